The summed E-state index contributed by atoms with van der Waals surface area (Å²) in [6, 6.07) is 0. The number of carbonyl (C=O) groups excluding carboxylic acids is 2. The van der Waals surface area contributed by atoms with E-state index in [2.05, 4.69) is 18.7 Å². The highest BCUT2D eigenvalue weighted by atomic mass is 16.6. The molecule has 3 heterocycles. The molecule has 0 aliphatic carbocycles. The van der Waals surface area contributed by atoms with E-state index in [1.54, 1.807) is 49.1 Å². The highest BCUT2D eigenvalue weighted by molar-refractivity contribution is 5.70. The number of epoxide rings is 1. The molecule has 0 radical (unpaired) electrons. The predicted octanol–water partition coefficient (Wildman–Crippen LogP) is 4.37. The van der Waals surface area contributed by atoms with Crippen LogP contribution in [0, 0.1) is 17.8 Å². The number of esters is 1. The van der Waals surface area contributed by atoms with Gasteiger partial charge in [-0.1, -0.05) is 58.9 Å². The first-order chi connectivity index (χ1) is 22.9. The third kappa shape index (κ3) is 13.1. The molecule has 0 aromatic rings. The average Bonchev–Trinajstić information content (AvgIpc) is 3.81. The zero-order chi connectivity index (χ0) is 36.5. The van der Waals surface area contributed by atoms with E-state index >= 15 is 0 Å². The summed E-state index contributed by atoms with van der Waals surface area (Å²) in [4.78, 5) is 30.3. The summed E-state index contributed by atoms with van der Waals surface area (Å²) >= 11 is 0. The first-order valence-electron chi connectivity index (χ1n) is 18.3. The molecule has 11 heteroatoms. The van der Waals surface area contributed by atoms with Crippen LogP contribution >= 0.6 is 0 Å². The number of nitrogens with zero attached hydrogens (tertiary/aromatic N) is 2. The van der Waals surface area contributed by atoms with Crippen LogP contribution in [-0.2, 0) is 19.0 Å². The van der Waals surface area contributed by atoms with Gasteiger partial charge in [0.05, 0.1) is 36.4 Å². The zero-order valence-corrected chi connectivity index (χ0v) is 31.1. The topological polar surface area (TPSA) is 153 Å². The molecule has 49 heavy (non-hydrogen) atoms. The van der Waals surface area contributed by atoms with Crippen molar-refractivity contribution in [1.82, 2.24) is 9.80 Å². The van der Waals surface area contributed by atoms with Gasteiger partial charge in [0.15, 0.2) is 6.10 Å². The second kappa shape index (κ2) is 18.3. The molecule has 3 aliphatic heterocycles. The molecule has 1 amide bonds. The van der Waals surface area contributed by atoms with Gasteiger partial charge in [-0.05, 0) is 70.6 Å². The number of carbonyl (C=O) groups is 2. The number of cyclic esters (lactones) is 1. The lowest BCUT2D eigenvalue weighted by Crippen LogP contribution is -2.46. The molecule has 10 atom stereocenters. The van der Waals surface area contributed by atoms with Crippen LogP contribution in [0.3, 0.4) is 0 Å². The van der Waals surface area contributed by atoms with Gasteiger partial charge in [-0.25, -0.2) is 4.79 Å². The summed E-state index contributed by atoms with van der Waals surface area (Å²) in [5, 5.41) is 43.3. The largest absolute Gasteiger partial charge is 0.457 e. The van der Waals surface area contributed by atoms with Crippen molar-refractivity contribution in [2.45, 2.75) is 142 Å². The summed E-state index contributed by atoms with van der Waals surface area (Å²) in [5.41, 5.74) is -1.94. The SMILES string of the molecule is CCC(O)C(C)C1OC1CC(C)(O)C=CC=C(C)C1OC(=O)CC(O)CCC(C)(O)C(OC(=O)N2CCCN(CC(C)C)CC2)C=CC1C. The lowest BCUT2D eigenvalue weighted by molar-refractivity contribution is -0.151. The summed E-state index contributed by atoms with van der Waals surface area (Å²) in [6.45, 7) is 19.0. The normalized spacial score (nSPS) is 33.6. The van der Waals surface area contributed by atoms with Crippen molar-refractivity contribution < 1.29 is 44.2 Å². The monoisotopic (exact) mass is 692 g/mol. The van der Waals surface area contributed by atoms with Crippen molar-refractivity contribution in [1.29, 1.82) is 0 Å². The van der Waals surface area contributed by atoms with Gasteiger partial charge in [0.25, 0.3) is 0 Å². The van der Waals surface area contributed by atoms with Crippen molar-refractivity contribution in [3.8, 4) is 0 Å². The Bertz CT molecular complexity index is 1170. The molecule has 0 saturated carbocycles. The van der Waals surface area contributed by atoms with E-state index in [9.17, 15) is 30.0 Å². The predicted molar refractivity (Wildman–Crippen MR) is 189 cm³/mol. The highest BCUT2D eigenvalue weighted by Crippen LogP contribution is 2.37. The number of ether oxygens (including phenoxy) is 3. The summed E-state index contributed by atoms with van der Waals surface area (Å²) in [7, 11) is 0. The van der Waals surface area contributed by atoms with Crippen LogP contribution in [0.1, 0.15) is 93.9 Å². The number of allylic oxidation sites excluding steroid dienone is 2. The van der Waals surface area contributed by atoms with E-state index in [1.807, 2.05) is 27.7 Å². The Morgan fingerprint density at radius 2 is 1.92 bits per heavy atom. The highest BCUT2D eigenvalue weighted by Gasteiger charge is 2.47. The lowest BCUT2D eigenvalue weighted by Gasteiger charge is -2.34. The van der Waals surface area contributed by atoms with E-state index < -0.39 is 47.7 Å². The Morgan fingerprint density at radius 1 is 1.20 bits per heavy atom. The minimum atomic E-state index is -1.49. The third-order valence-electron chi connectivity index (χ3n) is 10.1. The van der Waals surface area contributed by atoms with Crippen molar-refractivity contribution in [3.05, 3.63) is 36.0 Å². The van der Waals surface area contributed by atoms with Crippen molar-refractivity contribution in [3.63, 3.8) is 0 Å². The molecular formula is C38H64N2O9. The Balaban J connectivity index is 1.74. The van der Waals surface area contributed by atoms with Gasteiger partial charge in [0.2, 0.25) is 0 Å². The first kappa shape index (κ1) is 41.1. The van der Waals surface area contributed by atoms with Gasteiger partial charge >= 0.3 is 12.1 Å². The fourth-order valence-corrected chi connectivity index (χ4v) is 6.84. The Kier molecular flexibility index (Phi) is 15.4. The lowest BCUT2D eigenvalue weighted by atomic mass is 9.88. The van der Waals surface area contributed by atoms with Crippen LogP contribution in [0.15, 0.2) is 36.0 Å². The first-order valence-corrected chi connectivity index (χ1v) is 18.3. The number of rotatable bonds is 11. The molecule has 4 N–H and O–H groups in total. The second-order valence-electron chi connectivity index (χ2n) is 15.6. The summed E-state index contributed by atoms with van der Waals surface area (Å²) in [6.07, 6.45) is 6.60. The fraction of sp³-hybridized carbons (Fsp3) is 0.789. The Morgan fingerprint density at radius 3 is 2.59 bits per heavy atom. The third-order valence-corrected chi connectivity index (χ3v) is 10.1. The van der Waals surface area contributed by atoms with Crippen LogP contribution in [0.25, 0.3) is 0 Å². The molecule has 2 fully saturated rings. The summed E-state index contributed by atoms with van der Waals surface area (Å²) in [5.74, 6) is -0.413. The van der Waals surface area contributed by atoms with E-state index in [0.29, 0.717) is 37.4 Å². The van der Waals surface area contributed by atoms with Gasteiger partial charge in [-0.15, -0.1) is 0 Å². The van der Waals surface area contributed by atoms with Gasteiger partial charge in [0, 0.05) is 44.4 Å². The van der Waals surface area contributed by atoms with Crippen molar-refractivity contribution >= 4 is 12.1 Å². The average molecular weight is 693 g/mol. The van der Waals surface area contributed by atoms with E-state index in [0.717, 1.165) is 26.1 Å². The van der Waals surface area contributed by atoms with Crippen LogP contribution in [-0.4, -0.2) is 123 Å². The van der Waals surface area contributed by atoms with Crippen LogP contribution < -0.4 is 0 Å². The van der Waals surface area contributed by atoms with Gasteiger partial charge in [0.1, 0.15) is 11.7 Å². The number of amides is 1. The molecule has 3 aliphatic rings. The Labute approximate surface area is 294 Å². The van der Waals surface area contributed by atoms with Crippen LogP contribution in [0.2, 0.25) is 0 Å². The van der Waals surface area contributed by atoms with E-state index in [-0.39, 0.29) is 43.3 Å². The van der Waals surface area contributed by atoms with Crippen LogP contribution in [0.4, 0.5) is 4.79 Å². The molecule has 0 bridgehead atoms. The zero-order valence-electron chi connectivity index (χ0n) is 31.1. The molecule has 3 rings (SSSR count). The number of hydrogen-bond acceptors (Lipinski definition) is 10. The van der Waals surface area contributed by atoms with Gasteiger partial charge in [-0.2, -0.15) is 0 Å². The standard InChI is InChI=1S/C38H64N2O9/c1-9-30(42)28(6)35-31(47-35)23-37(7,45)16-10-12-26(4)34-27(5)13-14-32(38(8,46)17-15-29(41)22-33(43)49-34)48-36(44)40-19-11-18-39(20-21-40)24-25(2)3/h10,12-14,16,25,27-32,34-35,41-42,45-46H,9,11,15,17-24H2,1-8H3. The molecule has 11 nitrogen and oxygen atoms in total. The molecule has 0 aromatic heterocycles. The van der Waals surface area contributed by atoms with Crippen LogP contribution in [0.5, 0.6) is 0 Å². The van der Waals surface area contributed by atoms with Crippen molar-refractivity contribution in [2.75, 3.05) is 32.7 Å². The van der Waals surface area contributed by atoms with Gasteiger partial charge in [-0.3, -0.25) is 4.79 Å². The number of hydrogen-bond donors (Lipinski definition) is 4. The maximum atomic E-state index is 13.4. The summed E-state index contributed by atoms with van der Waals surface area (Å²) < 4.78 is 17.6. The minimum Gasteiger partial charge on any atom is -0.457 e. The van der Waals surface area contributed by atoms with E-state index in [4.69, 9.17) is 14.2 Å². The van der Waals surface area contributed by atoms with Gasteiger partial charge < -0.3 is 44.4 Å². The Hall–Kier alpha value is -2.28. The molecule has 0 aromatic carbocycles. The number of aliphatic hydroxyl groups excluding tert-OH is 2. The minimum absolute atomic E-state index is 0.0116. The second-order valence-corrected chi connectivity index (χ2v) is 15.6. The fourth-order valence-electron chi connectivity index (χ4n) is 6.84. The molecule has 0 spiro atoms. The van der Waals surface area contributed by atoms with E-state index in [1.165, 1.54) is 0 Å². The smallest absolute Gasteiger partial charge is 0.410 e. The quantitative estimate of drug-likeness (QED) is 0.106. The maximum absolute atomic E-state index is 13.4. The molecule has 10 unspecified atom stereocenters. The van der Waals surface area contributed by atoms with Crippen molar-refractivity contribution in [2.24, 2.45) is 17.8 Å². The molecule has 2 saturated heterocycles. The molecule has 280 valence electrons. The maximum Gasteiger partial charge on any atom is 0.410 e. The molecular weight excluding hydrogens is 628 g/mol. The number of aliphatic hydroxyl groups is 4.